The Bertz CT molecular complexity index is 586. The third-order valence-electron chi connectivity index (χ3n) is 8.05. The molecule has 0 saturated heterocycles. The molecule has 4 rings (SSSR count). The molecule has 0 bridgehead atoms. The molecule has 2 nitrogen and oxygen atoms in total. The van der Waals surface area contributed by atoms with Gasteiger partial charge in [-0.15, -0.1) is 0 Å². The standard InChI is InChI=1S/C20H30O2/c1-13-14-6-10-20(21)18(2,3)8-5-9-19(20,4)16(14)12-17-15(13)7-11-22-17/h7,11,13-14,16,21H,5-6,8-10,12H2,1-4H3/t13-,14-,16-,19-,20-/m1/s1. The maximum absolute atomic E-state index is 11.8. The van der Waals surface area contributed by atoms with E-state index in [2.05, 4.69) is 33.8 Å². The van der Waals surface area contributed by atoms with E-state index >= 15 is 0 Å². The summed E-state index contributed by atoms with van der Waals surface area (Å²) < 4.78 is 5.80. The van der Waals surface area contributed by atoms with E-state index < -0.39 is 5.60 Å². The van der Waals surface area contributed by atoms with Crippen molar-refractivity contribution < 1.29 is 9.52 Å². The predicted octanol–water partition coefficient (Wildman–Crippen LogP) is 4.91. The minimum absolute atomic E-state index is 0.0242. The summed E-state index contributed by atoms with van der Waals surface area (Å²) >= 11 is 0. The molecule has 2 saturated carbocycles. The van der Waals surface area contributed by atoms with Gasteiger partial charge >= 0.3 is 0 Å². The van der Waals surface area contributed by atoms with Gasteiger partial charge in [-0.05, 0) is 60.5 Å². The van der Waals surface area contributed by atoms with Crippen molar-refractivity contribution in [1.82, 2.24) is 0 Å². The largest absolute Gasteiger partial charge is 0.469 e. The fraction of sp³-hybridized carbons (Fsp3) is 0.800. The molecule has 5 atom stereocenters. The van der Waals surface area contributed by atoms with Crippen molar-refractivity contribution in [2.75, 3.05) is 0 Å². The SMILES string of the molecule is C[C@H]1c2ccoc2C[C@@H]2[C@@H]1CC[C@@]1(O)C(C)(C)CCC[C@]21C. The molecule has 0 aromatic carbocycles. The Balaban J connectivity index is 1.80. The summed E-state index contributed by atoms with van der Waals surface area (Å²) in [5.41, 5.74) is 0.947. The van der Waals surface area contributed by atoms with E-state index in [-0.39, 0.29) is 10.8 Å². The maximum atomic E-state index is 11.8. The molecule has 3 aliphatic rings. The first-order chi connectivity index (χ1) is 10.3. The Morgan fingerprint density at radius 1 is 1.18 bits per heavy atom. The normalized spacial score (nSPS) is 46.5. The van der Waals surface area contributed by atoms with Gasteiger partial charge in [-0.2, -0.15) is 0 Å². The van der Waals surface area contributed by atoms with Gasteiger partial charge in [0.15, 0.2) is 0 Å². The molecule has 1 aromatic heterocycles. The Labute approximate surface area is 134 Å². The van der Waals surface area contributed by atoms with Crippen LogP contribution < -0.4 is 0 Å². The Kier molecular flexibility index (Phi) is 2.97. The second-order valence-corrected chi connectivity index (χ2v) is 9.12. The monoisotopic (exact) mass is 302 g/mol. The second kappa shape index (κ2) is 4.41. The summed E-state index contributed by atoms with van der Waals surface area (Å²) in [6.45, 7) is 9.32. The van der Waals surface area contributed by atoms with Crippen LogP contribution in [0.1, 0.15) is 77.0 Å². The highest BCUT2D eigenvalue weighted by Gasteiger charge is 2.65. The predicted molar refractivity (Wildman–Crippen MR) is 87.7 cm³/mol. The molecule has 1 N–H and O–H groups in total. The highest BCUT2D eigenvalue weighted by molar-refractivity contribution is 5.29. The highest BCUT2D eigenvalue weighted by Crippen LogP contribution is 2.66. The number of aliphatic hydroxyl groups is 1. The lowest BCUT2D eigenvalue weighted by atomic mass is 9.41. The van der Waals surface area contributed by atoms with Gasteiger partial charge in [-0.1, -0.05) is 34.1 Å². The molecule has 1 heterocycles. The van der Waals surface area contributed by atoms with Crippen LogP contribution in [0.25, 0.3) is 0 Å². The summed E-state index contributed by atoms with van der Waals surface area (Å²) in [5, 5.41) is 11.8. The van der Waals surface area contributed by atoms with Gasteiger partial charge in [-0.25, -0.2) is 0 Å². The molecular weight excluding hydrogens is 272 g/mol. The molecule has 0 aliphatic heterocycles. The van der Waals surface area contributed by atoms with Gasteiger partial charge in [0.05, 0.1) is 11.9 Å². The Morgan fingerprint density at radius 3 is 2.73 bits per heavy atom. The molecular formula is C20H30O2. The quantitative estimate of drug-likeness (QED) is 0.738. The summed E-state index contributed by atoms with van der Waals surface area (Å²) in [6, 6.07) is 2.17. The topological polar surface area (TPSA) is 33.4 Å². The number of hydrogen-bond acceptors (Lipinski definition) is 2. The van der Waals surface area contributed by atoms with Crippen molar-refractivity contribution in [1.29, 1.82) is 0 Å². The molecule has 0 amide bonds. The number of furan rings is 1. The lowest BCUT2D eigenvalue weighted by Crippen LogP contribution is -2.66. The molecule has 0 unspecified atom stereocenters. The van der Waals surface area contributed by atoms with Crippen LogP contribution in [0, 0.1) is 22.7 Å². The third kappa shape index (κ3) is 1.60. The summed E-state index contributed by atoms with van der Waals surface area (Å²) in [6.07, 6.45) is 8.56. The van der Waals surface area contributed by atoms with Crippen LogP contribution in [0.2, 0.25) is 0 Å². The fourth-order valence-electron chi connectivity index (χ4n) is 6.58. The molecule has 0 radical (unpaired) electrons. The van der Waals surface area contributed by atoms with E-state index in [1.165, 1.54) is 17.7 Å². The third-order valence-corrected chi connectivity index (χ3v) is 8.05. The van der Waals surface area contributed by atoms with Crippen LogP contribution in [-0.4, -0.2) is 10.7 Å². The van der Waals surface area contributed by atoms with E-state index in [0.717, 1.165) is 32.1 Å². The molecule has 2 heteroatoms. The van der Waals surface area contributed by atoms with Gasteiger partial charge < -0.3 is 9.52 Å². The second-order valence-electron chi connectivity index (χ2n) is 9.12. The van der Waals surface area contributed by atoms with Crippen LogP contribution >= 0.6 is 0 Å². The summed E-state index contributed by atoms with van der Waals surface area (Å²) in [7, 11) is 0. The molecule has 3 aliphatic carbocycles. The van der Waals surface area contributed by atoms with E-state index in [1.54, 1.807) is 0 Å². The van der Waals surface area contributed by atoms with Crippen LogP contribution in [0.5, 0.6) is 0 Å². The molecule has 2 fully saturated rings. The van der Waals surface area contributed by atoms with Gasteiger partial charge in [0.1, 0.15) is 5.76 Å². The van der Waals surface area contributed by atoms with Crippen molar-refractivity contribution in [2.45, 2.75) is 77.7 Å². The van der Waals surface area contributed by atoms with Gasteiger partial charge in [0.2, 0.25) is 0 Å². The van der Waals surface area contributed by atoms with E-state index in [0.29, 0.717) is 17.8 Å². The van der Waals surface area contributed by atoms with Crippen molar-refractivity contribution in [2.24, 2.45) is 22.7 Å². The first-order valence-electron chi connectivity index (χ1n) is 9.09. The van der Waals surface area contributed by atoms with Gasteiger partial charge in [-0.3, -0.25) is 0 Å². The molecule has 0 spiro atoms. The lowest BCUT2D eigenvalue weighted by Gasteiger charge is -2.65. The fourth-order valence-corrected chi connectivity index (χ4v) is 6.58. The van der Waals surface area contributed by atoms with Gasteiger partial charge in [0.25, 0.3) is 0 Å². The van der Waals surface area contributed by atoms with Crippen molar-refractivity contribution in [3.05, 3.63) is 23.7 Å². The van der Waals surface area contributed by atoms with E-state index in [1.807, 2.05) is 6.26 Å². The Hall–Kier alpha value is -0.760. The van der Waals surface area contributed by atoms with Crippen LogP contribution in [-0.2, 0) is 6.42 Å². The highest BCUT2D eigenvalue weighted by atomic mass is 16.3. The molecule has 22 heavy (non-hydrogen) atoms. The summed E-state index contributed by atoms with van der Waals surface area (Å²) in [5.74, 6) is 3.00. The van der Waals surface area contributed by atoms with Crippen LogP contribution in [0.4, 0.5) is 0 Å². The molecule has 1 aromatic rings. The smallest absolute Gasteiger partial charge is 0.107 e. The number of fused-ring (bicyclic) bond motifs is 4. The van der Waals surface area contributed by atoms with Crippen molar-refractivity contribution in [3.63, 3.8) is 0 Å². The van der Waals surface area contributed by atoms with Crippen LogP contribution in [0.3, 0.4) is 0 Å². The molecule has 122 valence electrons. The average Bonchev–Trinajstić information content (AvgIpc) is 2.91. The zero-order valence-corrected chi connectivity index (χ0v) is 14.5. The zero-order chi connectivity index (χ0) is 15.8. The minimum atomic E-state index is -0.525. The van der Waals surface area contributed by atoms with E-state index in [9.17, 15) is 5.11 Å². The first-order valence-corrected chi connectivity index (χ1v) is 9.09. The number of hydrogen-bond donors (Lipinski definition) is 1. The van der Waals surface area contributed by atoms with Crippen molar-refractivity contribution in [3.8, 4) is 0 Å². The maximum Gasteiger partial charge on any atom is 0.107 e. The van der Waals surface area contributed by atoms with E-state index in [4.69, 9.17) is 4.42 Å². The lowest BCUT2D eigenvalue weighted by molar-refractivity contribution is -0.240. The van der Waals surface area contributed by atoms with Crippen LogP contribution in [0.15, 0.2) is 16.7 Å². The van der Waals surface area contributed by atoms with Crippen molar-refractivity contribution >= 4 is 0 Å². The Morgan fingerprint density at radius 2 is 1.95 bits per heavy atom. The van der Waals surface area contributed by atoms with Gasteiger partial charge in [0, 0.05) is 11.8 Å². The minimum Gasteiger partial charge on any atom is -0.469 e. The first kappa shape index (κ1) is 14.8. The number of rotatable bonds is 0. The average molecular weight is 302 g/mol. The zero-order valence-electron chi connectivity index (χ0n) is 14.5. The summed E-state index contributed by atoms with van der Waals surface area (Å²) in [4.78, 5) is 0.